The molecule has 2 heterocycles. The summed E-state index contributed by atoms with van der Waals surface area (Å²) in [6.45, 7) is 4.63. The van der Waals surface area contributed by atoms with Gasteiger partial charge in [-0.3, -0.25) is 0 Å². The van der Waals surface area contributed by atoms with Crippen molar-refractivity contribution in [3.05, 3.63) is 17.0 Å². The van der Waals surface area contributed by atoms with Crippen LogP contribution in [0.25, 0.3) is 0 Å². The Kier molecular flexibility index (Phi) is 4.11. The summed E-state index contributed by atoms with van der Waals surface area (Å²) in [5.41, 5.74) is 0. The van der Waals surface area contributed by atoms with Gasteiger partial charge in [0.1, 0.15) is 4.21 Å². The Hall–Kier alpha value is -0.430. The molecule has 0 spiro atoms. The molecule has 0 amide bonds. The smallest absolute Gasteiger partial charge is 0.252 e. The minimum absolute atomic E-state index is 0.103. The monoisotopic (exact) mass is 289 g/mol. The van der Waals surface area contributed by atoms with Crippen molar-refractivity contribution in [3.63, 3.8) is 0 Å². The van der Waals surface area contributed by atoms with Gasteiger partial charge in [0.15, 0.2) is 0 Å². The fourth-order valence-electron chi connectivity index (χ4n) is 2.43. The molecule has 18 heavy (non-hydrogen) atoms. The van der Waals surface area contributed by atoms with E-state index >= 15 is 0 Å². The van der Waals surface area contributed by atoms with E-state index in [0.29, 0.717) is 21.5 Å². The molecular weight excluding hydrogens is 270 g/mol. The molecule has 0 saturated carbocycles. The number of aliphatic hydroxyl groups is 1. The first-order chi connectivity index (χ1) is 8.46. The maximum absolute atomic E-state index is 12.5. The lowest BCUT2D eigenvalue weighted by atomic mass is 10.0. The summed E-state index contributed by atoms with van der Waals surface area (Å²) in [6.07, 6.45) is 1.87. The first-order valence-corrected chi connectivity index (χ1v) is 8.44. The number of rotatable bonds is 4. The summed E-state index contributed by atoms with van der Waals surface area (Å²) in [6, 6.07) is 3.38. The summed E-state index contributed by atoms with van der Waals surface area (Å²) in [5.74, 6) is 0.333. The van der Waals surface area contributed by atoms with Crippen molar-refractivity contribution in [3.8, 4) is 0 Å². The summed E-state index contributed by atoms with van der Waals surface area (Å²) in [7, 11) is -3.38. The Bertz CT molecular complexity index is 507. The average Bonchev–Trinajstić information content (AvgIpc) is 2.98. The number of thiophene rings is 1. The standard InChI is InChI=1S/C12H19NO3S2/c1-9(2)11-4-3-7-13(11)18(15,16)12-6-5-10(8-14)17-12/h5-6,9,11,14H,3-4,7-8H2,1-2H3. The SMILES string of the molecule is CC(C)C1CCCN1S(=O)(=O)c1ccc(CO)s1. The second-order valence-electron chi connectivity index (χ2n) is 4.95. The van der Waals surface area contributed by atoms with Crippen molar-refractivity contribution >= 4 is 21.4 Å². The molecule has 1 aliphatic heterocycles. The highest BCUT2D eigenvalue weighted by Crippen LogP contribution is 2.32. The van der Waals surface area contributed by atoms with E-state index in [-0.39, 0.29) is 12.6 Å². The number of hydrogen-bond acceptors (Lipinski definition) is 4. The van der Waals surface area contributed by atoms with Crippen molar-refractivity contribution in [2.45, 2.75) is 43.5 Å². The van der Waals surface area contributed by atoms with E-state index in [4.69, 9.17) is 5.11 Å². The third-order valence-corrected chi connectivity index (χ3v) is 6.84. The van der Waals surface area contributed by atoms with Crippen LogP contribution >= 0.6 is 11.3 Å². The second-order valence-corrected chi connectivity index (χ2v) is 8.23. The molecule has 1 fully saturated rings. The van der Waals surface area contributed by atoms with Gasteiger partial charge in [0.05, 0.1) is 6.61 Å². The van der Waals surface area contributed by atoms with E-state index in [1.54, 1.807) is 16.4 Å². The van der Waals surface area contributed by atoms with Crippen LogP contribution in [0.3, 0.4) is 0 Å². The van der Waals surface area contributed by atoms with E-state index < -0.39 is 10.0 Å². The van der Waals surface area contributed by atoms with E-state index in [1.165, 1.54) is 0 Å². The third kappa shape index (κ3) is 2.47. The molecule has 1 saturated heterocycles. The molecule has 2 rings (SSSR count). The van der Waals surface area contributed by atoms with Gasteiger partial charge < -0.3 is 5.11 Å². The molecule has 1 N–H and O–H groups in total. The summed E-state index contributed by atoms with van der Waals surface area (Å²) < 4.78 is 27.0. The van der Waals surface area contributed by atoms with Crippen molar-refractivity contribution in [1.82, 2.24) is 4.31 Å². The molecule has 0 bridgehead atoms. The third-order valence-electron chi connectivity index (χ3n) is 3.37. The van der Waals surface area contributed by atoms with Gasteiger partial charge in [0.2, 0.25) is 0 Å². The molecule has 102 valence electrons. The topological polar surface area (TPSA) is 57.6 Å². The van der Waals surface area contributed by atoms with Crippen LogP contribution in [0.5, 0.6) is 0 Å². The van der Waals surface area contributed by atoms with E-state index in [0.717, 1.165) is 24.2 Å². The van der Waals surface area contributed by atoms with Gasteiger partial charge in [0, 0.05) is 17.5 Å². The minimum atomic E-state index is -3.38. The highest BCUT2D eigenvalue weighted by atomic mass is 32.2. The maximum Gasteiger partial charge on any atom is 0.252 e. The van der Waals surface area contributed by atoms with Gasteiger partial charge in [0.25, 0.3) is 10.0 Å². The first kappa shape index (κ1) is 14.0. The number of hydrogen-bond donors (Lipinski definition) is 1. The van der Waals surface area contributed by atoms with Crippen LogP contribution in [0.1, 0.15) is 31.6 Å². The van der Waals surface area contributed by atoms with Gasteiger partial charge in [-0.1, -0.05) is 13.8 Å². The lowest BCUT2D eigenvalue weighted by molar-refractivity contribution is 0.285. The predicted octanol–water partition coefficient (Wildman–Crippen LogP) is 2.05. The maximum atomic E-state index is 12.5. The Morgan fingerprint density at radius 2 is 2.22 bits per heavy atom. The molecule has 1 atom stereocenters. The molecule has 0 aliphatic carbocycles. The summed E-state index contributed by atoms with van der Waals surface area (Å²) in [5, 5.41) is 9.02. The molecule has 6 heteroatoms. The second kappa shape index (κ2) is 5.28. The Morgan fingerprint density at radius 3 is 2.78 bits per heavy atom. The molecular formula is C12H19NO3S2. The van der Waals surface area contributed by atoms with Gasteiger partial charge in [-0.05, 0) is 30.9 Å². The Balaban J connectivity index is 2.30. The molecule has 0 radical (unpaired) electrons. The van der Waals surface area contributed by atoms with E-state index in [1.807, 2.05) is 0 Å². The molecule has 4 nitrogen and oxygen atoms in total. The van der Waals surface area contributed by atoms with Gasteiger partial charge >= 0.3 is 0 Å². The Labute approximate surface area is 112 Å². The van der Waals surface area contributed by atoms with Crippen LogP contribution in [0.2, 0.25) is 0 Å². The van der Waals surface area contributed by atoms with Crippen LogP contribution in [0.15, 0.2) is 16.3 Å². The van der Waals surface area contributed by atoms with Crippen LogP contribution in [-0.2, 0) is 16.6 Å². The fourth-order valence-corrected chi connectivity index (χ4v) is 5.60. The highest BCUT2D eigenvalue weighted by Gasteiger charge is 2.37. The quantitative estimate of drug-likeness (QED) is 0.923. The van der Waals surface area contributed by atoms with Crippen molar-refractivity contribution in [1.29, 1.82) is 0 Å². The largest absolute Gasteiger partial charge is 0.391 e. The lowest BCUT2D eigenvalue weighted by Gasteiger charge is -2.26. The van der Waals surface area contributed by atoms with Gasteiger partial charge in [-0.15, -0.1) is 11.3 Å². The zero-order valence-electron chi connectivity index (χ0n) is 10.7. The molecule has 1 aliphatic rings. The number of sulfonamides is 1. The zero-order chi connectivity index (χ0) is 13.3. The van der Waals surface area contributed by atoms with Crippen LogP contribution in [0, 0.1) is 5.92 Å². The van der Waals surface area contributed by atoms with Crippen molar-refractivity contribution < 1.29 is 13.5 Å². The van der Waals surface area contributed by atoms with Crippen LogP contribution < -0.4 is 0 Å². The summed E-state index contributed by atoms with van der Waals surface area (Å²) in [4.78, 5) is 0.689. The Morgan fingerprint density at radius 1 is 1.50 bits per heavy atom. The minimum Gasteiger partial charge on any atom is -0.391 e. The van der Waals surface area contributed by atoms with E-state index in [2.05, 4.69) is 13.8 Å². The predicted molar refractivity (Wildman–Crippen MR) is 72.0 cm³/mol. The van der Waals surface area contributed by atoms with Crippen molar-refractivity contribution in [2.75, 3.05) is 6.54 Å². The molecule has 1 aromatic heterocycles. The first-order valence-electron chi connectivity index (χ1n) is 6.18. The normalized spacial score (nSPS) is 21.9. The number of nitrogens with zero attached hydrogens (tertiary/aromatic N) is 1. The van der Waals surface area contributed by atoms with Crippen LogP contribution in [0.4, 0.5) is 0 Å². The van der Waals surface area contributed by atoms with Crippen molar-refractivity contribution in [2.24, 2.45) is 5.92 Å². The lowest BCUT2D eigenvalue weighted by Crippen LogP contribution is -2.38. The van der Waals surface area contributed by atoms with E-state index in [9.17, 15) is 8.42 Å². The highest BCUT2D eigenvalue weighted by molar-refractivity contribution is 7.91. The zero-order valence-corrected chi connectivity index (χ0v) is 12.3. The summed E-state index contributed by atoms with van der Waals surface area (Å²) >= 11 is 1.16. The average molecular weight is 289 g/mol. The molecule has 0 aromatic carbocycles. The number of aliphatic hydroxyl groups excluding tert-OH is 1. The van der Waals surface area contributed by atoms with Gasteiger partial charge in [-0.25, -0.2) is 8.42 Å². The molecule has 1 unspecified atom stereocenters. The van der Waals surface area contributed by atoms with Gasteiger partial charge in [-0.2, -0.15) is 4.31 Å². The van der Waals surface area contributed by atoms with Crippen LogP contribution in [-0.4, -0.2) is 30.4 Å². The fraction of sp³-hybridized carbons (Fsp3) is 0.667. The molecule has 1 aromatic rings.